The van der Waals surface area contributed by atoms with Crippen LogP contribution in [0.1, 0.15) is 28.4 Å². The molecule has 1 aliphatic rings. The van der Waals surface area contributed by atoms with E-state index in [-0.39, 0.29) is 11.9 Å². The van der Waals surface area contributed by atoms with E-state index >= 15 is 0 Å². The van der Waals surface area contributed by atoms with E-state index in [1.165, 1.54) is 0 Å². The van der Waals surface area contributed by atoms with Gasteiger partial charge >= 0.3 is 0 Å². The molecule has 0 fully saturated rings. The number of carbonyl (C=O) groups excluding carboxylic acids is 1. The van der Waals surface area contributed by atoms with Crippen molar-refractivity contribution in [1.29, 1.82) is 0 Å². The van der Waals surface area contributed by atoms with Crippen LogP contribution in [0.3, 0.4) is 0 Å². The Morgan fingerprint density at radius 2 is 1.68 bits per heavy atom. The number of rotatable bonds is 1. The minimum atomic E-state index is -0.282. The zero-order valence-corrected chi connectivity index (χ0v) is 11.4. The first-order valence-corrected chi connectivity index (χ1v) is 6.64. The average Bonchev–Trinajstić information content (AvgIpc) is 2.38. The zero-order valence-electron chi connectivity index (χ0n) is 9.90. The van der Waals surface area contributed by atoms with Gasteiger partial charge in [-0.1, -0.05) is 35.3 Å². The normalized spacial score (nSPS) is 17.8. The van der Waals surface area contributed by atoms with Crippen LogP contribution >= 0.6 is 23.2 Å². The van der Waals surface area contributed by atoms with Crippen LogP contribution in [0.25, 0.3) is 0 Å². The maximum Gasteiger partial charge on any atom is 0.170 e. The Balaban J connectivity index is 1.96. The summed E-state index contributed by atoms with van der Waals surface area (Å²) < 4.78 is 5.86. The molecule has 2 nitrogen and oxygen atoms in total. The van der Waals surface area contributed by atoms with Crippen LogP contribution in [0.2, 0.25) is 10.0 Å². The third-order valence-electron chi connectivity index (χ3n) is 3.13. The molecule has 4 heteroatoms. The molecule has 0 saturated heterocycles. The molecule has 1 heterocycles. The van der Waals surface area contributed by atoms with Gasteiger partial charge in [-0.05, 0) is 35.9 Å². The lowest BCUT2D eigenvalue weighted by Crippen LogP contribution is -2.20. The number of fused-ring (bicyclic) bond motifs is 1. The van der Waals surface area contributed by atoms with Gasteiger partial charge in [0.1, 0.15) is 11.9 Å². The maximum atomic E-state index is 12.1. The van der Waals surface area contributed by atoms with Gasteiger partial charge in [0.25, 0.3) is 0 Å². The molecule has 2 aromatic rings. The van der Waals surface area contributed by atoms with Crippen LogP contribution in [0.5, 0.6) is 5.75 Å². The number of hydrogen-bond donors (Lipinski definition) is 0. The zero-order chi connectivity index (χ0) is 13.4. The van der Waals surface area contributed by atoms with Gasteiger partial charge in [-0.3, -0.25) is 4.79 Å². The van der Waals surface area contributed by atoms with E-state index in [2.05, 4.69) is 0 Å². The number of Topliss-reactive ketones (excluding diaryl/α,β-unsaturated/α-hetero) is 1. The highest BCUT2D eigenvalue weighted by molar-refractivity contribution is 6.31. The summed E-state index contributed by atoms with van der Waals surface area (Å²) in [5.74, 6) is 0.613. The molecular weight excluding hydrogens is 283 g/mol. The van der Waals surface area contributed by atoms with Gasteiger partial charge in [0.05, 0.1) is 12.0 Å². The summed E-state index contributed by atoms with van der Waals surface area (Å²) in [5, 5.41) is 1.22. The highest BCUT2D eigenvalue weighted by atomic mass is 35.5. The third-order valence-corrected chi connectivity index (χ3v) is 3.61. The summed E-state index contributed by atoms with van der Waals surface area (Å²) in [6, 6.07) is 12.4. The number of benzene rings is 2. The minimum absolute atomic E-state index is 0.0675. The van der Waals surface area contributed by atoms with Crippen LogP contribution in [0.4, 0.5) is 0 Å². The quantitative estimate of drug-likeness (QED) is 0.761. The molecule has 0 spiro atoms. The predicted molar refractivity (Wildman–Crippen MR) is 75.2 cm³/mol. The molecule has 1 atom stereocenters. The summed E-state index contributed by atoms with van der Waals surface area (Å²) in [6.45, 7) is 0. The highest BCUT2D eigenvalue weighted by Crippen LogP contribution is 2.36. The van der Waals surface area contributed by atoms with Crippen LogP contribution in [0, 0.1) is 0 Å². The van der Waals surface area contributed by atoms with E-state index in [1.54, 1.807) is 30.3 Å². The third kappa shape index (κ3) is 2.46. The lowest BCUT2D eigenvalue weighted by Gasteiger charge is -2.25. The Kier molecular flexibility index (Phi) is 3.21. The summed E-state index contributed by atoms with van der Waals surface area (Å²) in [7, 11) is 0. The second-order valence-corrected chi connectivity index (χ2v) is 5.30. The summed E-state index contributed by atoms with van der Waals surface area (Å²) in [4.78, 5) is 12.1. The van der Waals surface area contributed by atoms with Crippen molar-refractivity contribution in [2.24, 2.45) is 0 Å². The lowest BCUT2D eigenvalue weighted by atomic mass is 9.96. The van der Waals surface area contributed by atoms with Crippen molar-refractivity contribution in [1.82, 2.24) is 0 Å². The van der Waals surface area contributed by atoms with Gasteiger partial charge < -0.3 is 4.74 Å². The molecule has 0 aromatic heterocycles. The lowest BCUT2D eigenvalue weighted by molar-refractivity contribution is 0.0850. The Morgan fingerprint density at radius 3 is 2.42 bits per heavy atom. The van der Waals surface area contributed by atoms with Crippen molar-refractivity contribution in [3.05, 3.63) is 63.6 Å². The minimum Gasteiger partial charge on any atom is -0.484 e. The SMILES string of the molecule is O=C1C[C@H](c2ccc(Cl)cc2)Oc2cc(Cl)ccc21. The molecule has 0 aliphatic carbocycles. The van der Waals surface area contributed by atoms with Crippen LogP contribution in [0.15, 0.2) is 42.5 Å². The molecule has 19 heavy (non-hydrogen) atoms. The molecule has 96 valence electrons. The standard InChI is InChI=1S/C15H10Cl2O2/c16-10-3-1-9(2-4-10)14-8-13(18)12-6-5-11(17)7-15(12)19-14/h1-7,14H,8H2/t14-/m1/s1. The highest BCUT2D eigenvalue weighted by Gasteiger charge is 2.27. The predicted octanol–water partition coefficient (Wildman–Crippen LogP) is 4.70. The average molecular weight is 293 g/mol. The van der Waals surface area contributed by atoms with Crippen molar-refractivity contribution >= 4 is 29.0 Å². The number of ketones is 1. The maximum absolute atomic E-state index is 12.1. The molecule has 0 N–H and O–H groups in total. The first kappa shape index (κ1) is 12.5. The van der Waals surface area contributed by atoms with Crippen LogP contribution < -0.4 is 4.74 Å². The van der Waals surface area contributed by atoms with Gasteiger partial charge in [-0.25, -0.2) is 0 Å². The van der Waals surface area contributed by atoms with Gasteiger partial charge in [-0.2, -0.15) is 0 Å². The molecule has 0 unspecified atom stereocenters. The molecule has 0 bridgehead atoms. The Labute approximate surface area is 120 Å². The van der Waals surface area contributed by atoms with E-state index in [0.717, 1.165) is 5.56 Å². The molecule has 1 aliphatic heterocycles. The van der Waals surface area contributed by atoms with E-state index < -0.39 is 0 Å². The van der Waals surface area contributed by atoms with E-state index in [0.29, 0.717) is 27.8 Å². The monoisotopic (exact) mass is 292 g/mol. The van der Waals surface area contributed by atoms with E-state index in [4.69, 9.17) is 27.9 Å². The molecular formula is C15H10Cl2O2. The van der Waals surface area contributed by atoms with Crippen molar-refractivity contribution in [2.45, 2.75) is 12.5 Å². The van der Waals surface area contributed by atoms with Gasteiger partial charge in [0, 0.05) is 10.0 Å². The van der Waals surface area contributed by atoms with Crippen LogP contribution in [-0.4, -0.2) is 5.78 Å². The fourth-order valence-electron chi connectivity index (χ4n) is 2.16. The fourth-order valence-corrected chi connectivity index (χ4v) is 2.45. The van der Waals surface area contributed by atoms with Crippen molar-refractivity contribution in [2.75, 3.05) is 0 Å². The van der Waals surface area contributed by atoms with Crippen molar-refractivity contribution in [3.8, 4) is 5.75 Å². The molecule has 0 radical (unpaired) electrons. The first-order chi connectivity index (χ1) is 9.13. The van der Waals surface area contributed by atoms with E-state index in [9.17, 15) is 4.79 Å². The topological polar surface area (TPSA) is 26.3 Å². The largest absolute Gasteiger partial charge is 0.484 e. The van der Waals surface area contributed by atoms with Crippen molar-refractivity contribution < 1.29 is 9.53 Å². The summed E-state index contributed by atoms with van der Waals surface area (Å²) in [6.07, 6.45) is 0.0479. The number of hydrogen-bond acceptors (Lipinski definition) is 2. The molecule has 0 saturated carbocycles. The van der Waals surface area contributed by atoms with Crippen LogP contribution in [-0.2, 0) is 0 Å². The Bertz CT molecular complexity index is 635. The molecule has 0 amide bonds. The van der Waals surface area contributed by atoms with Gasteiger partial charge in [0.2, 0.25) is 0 Å². The molecule has 3 rings (SSSR count). The summed E-state index contributed by atoms with van der Waals surface area (Å²) in [5.41, 5.74) is 1.53. The van der Waals surface area contributed by atoms with Gasteiger partial charge in [-0.15, -0.1) is 0 Å². The van der Waals surface area contributed by atoms with Crippen molar-refractivity contribution in [3.63, 3.8) is 0 Å². The number of halogens is 2. The first-order valence-electron chi connectivity index (χ1n) is 5.88. The van der Waals surface area contributed by atoms with Gasteiger partial charge in [0.15, 0.2) is 5.78 Å². The second-order valence-electron chi connectivity index (χ2n) is 4.43. The number of carbonyl (C=O) groups is 1. The molecule has 2 aromatic carbocycles. The summed E-state index contributed by atoms with van der Waals surface area (Å²) >= 11 is 11.8. The second kappa shape index (κ2) is 4.87. The fraction of sp³-hybridized carbons (Fsp3) is 0.133. The smallest absolute Gasteiger partial charge is 0.170 e. The number of ether oxygens (including phenoxy) is 1. The Hall–Kier alpha value is -1.51. The Morgan fingerprint density at radius 1 is 1.00 bits per heavy atom. The van der Waals surface area contributed by atoms with E-state index in [1.807, 2.05) is 12.1 Å².